The van der Waals surface area contributed by atoms with Crippen molar-refractivity contribution in [3.05, 3.63) is 20.8 Å². The van der Waals surface area contributed by atoms with Gasteiger partial charge in [-0.2, -0.15) is 0 Å². The van der Waals surface area contributed by atoms with Crippen LogP contribution in [0.1, 0.15) is 41.5 Å². The number of carboxylic acids is 1. The van der Waals surface area contributed by atoms with Gasteiger partial charge in [0.15, 0.2) is 0 Å². The molecule has 0 bridgehead atoms. The molecule has 0 radical (unpaired) electrons. The average Bonchev–Trinajstić information content (AvgIpc) is 2.21. The Labute approximate surface area is 103 Å². The predicted molar refractivity (Wildman–Crippen MR) is 58.2 cm³/mol. The fourth-order valence-corrected chi connectivity index (χ4v) is 2.43. The molecular weight excluding hydrogens is 368 g/mol. The summed E-state index contributed by atoms with van der Waals surface area (Å²) in [5.74, 6) is -0.833. The van der Waals surface area contributed by atoms with Gasteiger partial charge in [0.1, 0.15) is 0 Å². The summed E-state index contributed by atoms with van der Waals surface area (Å²) in [4.78, 5) is 9.00. The third-order valence-electron chi connectivity index (χ3n) is 2.90. The van der Waals surface area contributed by atoms with Gasteiger partial charge < -0.3 is 5.11 Å². The standard InChI is InChI=1S/C10H15.C2H4O2.Ir/c1-7-6-10(4,5)9(3)8(7)2;1-2(3)4;/h1-5H3;1H3,(H,3,4);. The Kier molecular flexibility index (Phi) is 4.95. The molecule has 88 valence electrons. The van der Waals surface area contributed by atoms with Crippen LogP contribution in [0.5, 0.6) is 0 Å². The summed E-state index contributed by atoms with van der Waals surface area (Å²) in [5.41, 5.74) is 4.83. The quantitative estimate of drug-likeness (QED) is 0.693. The van der Waals surface area contributed by atoms with Crippen LogP contribution in [0.15, 0.2) is 20.8 Å². The van der Waals surface area contributed by atoms with Crippen LogP contribution >= 0.6 is 0 Å². The molecule has 15 heavy (non-hydrogen) atoms. The van der Waals surface area contributed by atoms with Crippen LogP contribution in [-0.4, -0.2) is 11.1 Å². The number of carboxylic acid groups (broad SMARTS) is 1. The molecule has 1 aliphatic carbocycles. The van der Waals surface area contributed by atoms with E-state index in [1.165, 1.54) is 20.8 Å². The zero-order valence-corrected chi connectivity index (χ0v) is 12.6. The van der Waals surface area contributed by atoms with Gasteiger partial charge in [0, 0.05) is 6.92 Å². The molecule has 0 unspecified atom stereocenters. The Morgan fingerprint density at radius 2 is 1.53 bits per heavy atom. The molecule has 1 N–H and O–H groups in total. The van der Waals surface area contributed by atoms with Gasteiger partial charge in [0.25, 0.3) is 5.97 Å². The number of aliphatic carboxylic acids is 1. The zero-order valence-electron chi connectivity index (χ0n) is 10.2. The zero-order chi connectivity index (χ0) is 12.4. The molecule has 0 aromatic rings. The predicted octanol–water partition coefficient (Wildman–Crippen LogP) is 3.27. The summed E-state index contributed by atoms with van der Waals surface area (Å²) in [6, 6.07) is 0. The van der Waals surface area contributed by atoms with Gasteiger partial charge in [-0.3, -0.25) is 4.79 Å². The number of hydrogen-bond donors (Lipinski definition) is 1. The second-order valence-electron chi connectivity index (χ2n) is 4.31. The van der Waals surface area contributed by atoms with Crippen molar-refractivity contribution < 1.29 is 28.8 Å². The Balaban J connectivity index is 0.000000423. The van der Waals surface area contributed by atoms with Gasteiger partial charge in [-0.25, -0.2) is 0 Å². The second-order valence-corrected chi connectivity index (χ2v) is 5.51. The van der Waals surface area contributed by atoms with Crippen molar-refractivity contribution in [1.82, 2.24) is 0 Å². The molecular formula is C12H19IrO2. The maximum absolute atomic E-state index is 9.00. The van der Waals surface area contributed by atoms with E-state index in [0.29, 0.717) is 5.41 Å². The minimum atomic E-state index is -0.833. The van der Waals surface area contributed by atoms with Gasteiger partial charge in [-0.15, -0.1) is 0 Å². The molecule has 2 nitrogen and oxygen atoms in total. The van der Waals surface area contributed by atoms with Gasteiger partial charge in [-0.1, -0.05) is 0 Å². The molecule has 0 aromatic carbocycles. The number of hydrogen-bond acceptors (Lipinski definition) is 1. The number of allylic oxidation sites excluding steroid dienone is 4. The first kappa shape index (κ1) is 14.6. The van der Waals surface area contributed by atoms with Crippen LogP contribution in [0.3, 0.4) is 0 Å². The molecule has 0 saturated heterocycles. The molecule has 0 atom stereocenters. The fourth-order valence-electron chi connectivity index (χ4n) is 1.53. The van der Waals surface area contributed by atoms with Gasteiger partial charge in [0.05, 0.1) is 0 Å². The van der Waals surface area contributed by atoms with E-state index < -0.39 is 5.97 Å². The van der Waals surface area contributed by atoms with Crippen LogP contribution in [0.25, 0.3) is 0 Å². The second kappa shape index (κ2) is 5.09. The van der Waals surface area contributed by atoms with Crippen LogP contribution in [0.2, 0.25) is 0 Å². The molecule has 1 rings (SSSR count). The van der Waals surface area contributed by atoms with Crippen molar-refractivity contribution in [3.63, 3.8) is 0 Å². The third kappa shape index (κ3) is 3.29. The maximum atomic E-state index is 9.00. The topological polar surface area (TPSA) is 37.3 Å². The number of carbonyl (C=O) groups is 1. The van der Waals surface area contributed by atoms with Crippen LogP contribution in [-0.2, 0) is 23.7 Å². The summed E-state index contributed by atoms with van der Waals surface area (Å²) in [6.07, 6.45) is 0. The molecule has 0 fully saturated rings. The first-order valence-corrected chi connectivity index (χ1v) is 6.04. The molecule has 0 spiro atoms. The summed E-state index contributed by atoms with van der Waals surface area (Å²) >= 11 is 2.25. The Morgan fingerprint density at radius 1 is 1.20 bits per heavy atom. The Bertz CT molecular complexity index is 306. The van der Waals surface area contributed by atoms with Gasteiger partial charge in [0.2, 0.25) is 0 Å². The molecule has 1 aliphatic rings. The molecule has 0 aliphatic heterocycles. The SMILES string of the molecule is CC(=O)O.CC1=C(C)C(C)(C)[C]([Ir])=C1C. The Morgan fingerprint density at radius 3 is 1.60 bits per heavy atom. The average molecular weight is 387 g/mol. The molecule has 0 amide bonds. The molecule has 0 aromatic heterocycles. The first-order valence-electron chi connectivity index (χ1n) is 4.84. The van der Waals surface area contributed by atoms with Crippen molar-refractivity contribution in [1.29, 1.82) is 0 Å². The first-order chi connectivity index (χ1) is 6.62. The van der Waals surface area contributed by atoms with Crippen molar-refractivity contribution in [2.24, 2.45) is 5.41 Å². The summed E-state index contributed by atoms with van der Waals surface area (Å²) < 4.78 is 1.53. The monoisotopic (exact) mass is 388 g/mol. The molecule has 3 heteroatoms. The Hall–Kier alpha value is -0.401. The van der Waals surface area contributed by atoms with E-state index in [1.807, 2.05) is 0 Å². The van der Waals surface area contributed by atoms with E-state index in [-0.39, 0.29) is 0 Å². The van der Waals surface area contributed by atoms with Gasteiger partial charge >= 0.3 is 79.7 Å². The van der Waals surface area contributed by atoms with E-state index in [0.717, 1.165) is 6.92 Å². The van der Waals surface area contributed by atoms with Crippen LogP contribution in [0.4, 0.5) is 0 Å². The van der Waals surface area contributed by atoms with Gasteiger partial charge in [-0.05, 0) is 0 Å². The summed E-state index contributed by atoms with van der Waals surface area (Å²) in [6.45, 7) is 12.4. The van der Waals surface area contributed by atoms with Crippen molar-refractivity contribution >= 4 is 5.97 Å². The summed E-state index contributed by atoms with van der Waals surface area (Å²) in [5, 5.41) is 7.42. The summed E-state index contributed by atoms with van der Waals surface area (Å²) in [7, 11) is 0. The third-order valence-corrected chi connectivity index (χ3v) is 5.29. The normalized spacial score (nSPS) is 18.9. The minimum absolute atomic E-state index is 0.314. The fraction of sp³-hybridized carbons (Fsp3) is 0.583. The van der Waals surface area contributed by atoms with Crippen LogP contribution in [0, 0.1) is 5.41 Å². The van der Waals surface area contributed by atoms with E-state index in [1.54, 1.807) is 0 Å². The molecule has 0 saturated carbocycles. The van der Waals surface area contributed by atoms with E-state index in [4.69, 9.17) is 9.90 Å². The van der Waals surface area contributed by atoms with Crippen molar-refractivity contribution in [2.45, 2.75) is 41.5 Å². The van der Waals surface area contributed by atoms with Crippen LogP contribution < -0.4 is 0 Å². The van der Waals surface area contributed by atoms with Crippen molar-refractivity contribution in [3.8, 4) is 0 Å². The van der Waals surface area contributed by atoms with E-state index in [2.05, 4.69) is 53.5 Å². The van der Waals surface area contributed by atoms with E-state index >= 15 is 0 Å². The van der Waals surface area contributed by atoms with E-state index in [9.17, 15) is 0 Å². The molecule has 0 heterocycles. The van der Waals surface area contributed by atoms with Crippen molar-refractivity contribution in [2.75, 3.05) is 0 Å². The number of rotatable bonds is 0.